The number of aromatic carboxylic acids is 2. The third-order valence-corrected chi connectivity index (χ3v) is 17.9. The fourth-order valence-electron chi connectivity index (χ4n) is 13.6. The molecular weight excluding hydrogens is 1250 g/mol. The molecule has 0 atom stereocenters. The van der Waals surface area contributed by atoms with Crippen LogP contribution >= 0.6 is 0 Å². The Bertz CT molecular complexity index is 5510. The molecule has 14 aromatic carbocycles. The van der Waals surface area contributed by atoms with Crippen molar-refractivity contribution in [3.8, 4) is 100 Å². The van der Waals surface area contributed by atoms with Crippen LogP contribution in [0.3, 0.4) is 0 Å². The molecule has 1 aliphatic carbocycles. The Morgan fingerprint density at radius 1 is 0.267 bits per heavy atom. The van der Waals surface area contributed by atoms with Crippen molar-refractivity contribution < 1.29 is 48.5 Å². The summed E-state index contributed by atoms with van der Waals surface area (Å²) in [5.74, 6) is -8.53. The molecule has 0 radical (unpaired) electrons. The summed E-state index contributed by atoms with van der Waals surface area (Å²) in [6, 6.07) is 98.0. The molecule has 0 amide bonds. The number of benzene rings is 14. The Hall–Kier alpha value is -13.7. The summed E-state index contributed by atoms with van der Waals surface area (Å²) in [6.45, 7) is 0. The number of allylic oxidation sites excluding steroid dienone is 1. The van der Waals surface area contributed by atoms with Crippen molar-refractivity contribution in [2.24, 2.45) is 0 Å². The highest BCUT2D eigenvalue weighted by atomic mass is 16.6. The Balaban J connectivity index is 0.000000592. The molecule has 0 heterocycles. The monoisotopic (exact) mass is 1310 g/mol. The van der Waals surface area contributed by atoms with Crippen LogP contribution in [-0.2, 0) is 15.9 Å². The molecule has 0 unspecified atom stereocenters. The van der Waals surface area contributed by atoms with Crippen LogP contribution in [0.1, 0.15) is 73.3 Å². The lowest BCUT2D eigenvalue weighted by Gasteiger charge is -2.23. The third kappa shape index (κ3) is 13.1. The minimum Gasteiger partial charge on any atom is -0.478 e. The maximum atomic E-state index is 16.0. The summed E-state index contributed by atoms with van der Waals surface area (Å²) in [6.07, 6.45) is 5.53. The van der Waals surface area contributed by atoms with E-state index in [0.717, 1.165) is 6.42 Å². The van der Waals surface area contributed by atoms with Crippen molar-refractivity contribution in [2.75, 3.05) is 0 Å². The molecule has 2 N–H and O–H groups in total. The zero-order valence-corrected chi connectivity index (χ0v) is 54.2. The largest absolute Gasteiger partial charge is 0.478 e. The van der Waals surface area contributed by atoms with Crippen molar-refractivity contribution in [2.45, 2.75) is 6.42 Å². The summed E-state index contributed by atoms with van der Waals surface area (Å²) in [5.41, 5.74) is 7.99. The van der Waals surface area contributed by atoms with E-state index in [4.69, 9.17) is 9.47 Å². The number of rotatable bonds is 15. The second-order valence-corrected chi connectivity index (χ2v) is 24.0. The fraction of sp³-hybridized carbons (Fsp3) is 0.0110. The highest BCUT2D eigenvalue weighted by Crippen LogP contribution is 2.49. The molecule has 10 heteroatoms. The smallest absolute Gasteiger partial charge is 0.347 e. The lowest BCUT2D eigenvalue weighted by Crippen LogP contribution is -2.23. The van der Waals surface area contributed by atoms with Crippen LogP contribution in [0.2, 0.25) is 0 Å². The molecule has 0 saturated carbocycles. The molecule has 15 rings (SSSR count). The third-order valence-electron chi connectivity index (χ3n) is 17.9. The van der Waals surface area contributed by atoms with Gasteiger partial charge >= 0.3 is 35.8 Å². The molecule has 0 saturated heterocycles. The summed E-state index contributed by atoms with van der Waals surface area (Å²) in [5, 5.41) is 25.6. The molecule has 1 aliphatic rings. The SMILES string of the molecule is C1=Cc2cccc3cccc(c23)C1.O=C(OC(=O)c1cc(-c2ccccc2)c(-c2ccccc2)c(-c2ccccc2)c1C(=O)OC(=O)c1cc(-c2ccccc2)c(-c2ccccc2)c(-c2ccccc2)c1C(=O)O)c1cc(-c2ccccc2)c(-c2ccccc2)c(-c2ccccc2)c1C(=O)O. The Morgan fingerprint density at radius 3 is 0.851 bits per heavy atom. The molecule has 10 nitrogen and oxygen atoms in total. The van der Waals surface area contributed by atoms with Gasteiger partial charge in [-0.1, -0.05) is 322 Å². The number of carboxylic acid groups (broad SMARTS) is 2. The molecule has 0 fully saturated rings. The highest BCUT2D eigenvalue weighted by Gasteiger charge is 2.37. The maximum absolute atomic E-state index is 16.0. The second-order valence-electron chi connectivity index (χ2n) is 24.0. The second kappa shape index (κ2) is 28.9. The topological polar surface area (TPSA) is 161 Å². The van der Waals surface area contributed by atoms with Gasteiger partial charge in [0.25, 0.3) is 0 Å². The van der Waals surface area contributed by atoms with E-state index in [1.165, 1.54) is 40.1 Å². The van der Waals surface area contributed by atoms with E-state index in [1.807, 2.05) is 158 Å². The summed E-state index contributed by atoms with van der Waals surface area (Å²) >= 11 is 0. The van der Waals surface area contributed by atoms with Gasteiger partial charge in [-0.2, -0.15) is 0 Å². The predicted molar refractivity (Wildman–Crippen MR) is 398 cm³/mol. The lowest BCUT2D eigenvalue weighted by molar-refractivity contribution is 0.0355. The van der Waals surface area contributed by atoms with E-state index < -0.39 is 69.2 Å². The van der Waals surface area contributed by atoms with E-state index in [1.54, 1.807) is 115 Å². The first-order chi connectivity index (χ1) is 49.5. The van der Waals surface area contributed by atoms with Crippen molar-refractivity contribution >= 4 is 52.7 Å². The number of carbonyl (C=O) groups excluding carboxylic acids is 4. The summed E-state index contributed by atoms with van der Waals surface area (Å²) in [7, 11) is 0. The van der Waals surface area contributed by atoms with Crippen molar-refractivity contribution in [3.63, 3.8) is 0 Å². The van der Waals surface area contributed by atoms with E-state index in [-0.39, 0.29) is 16.7 Å². The van der Waals surface area contributed by atoms with Crippen molar-refractivity contribution in [1.29, 1.82) is 0 Å². The number of hydrogen-bond acceptors (Lipinski definition) is 8. The van der Waals surface area contributed by atoms with Crippen LogP contribution in [0.15, 0.2) is 334 Å². The van der Waals surface area contributed by atoms with Gasteiger partial charge in [-0.05, 0) is 130 Å². The average Bonchev–Trinajstić information content (AvgIpc) is 0.748. The fourth-order valence-corrected chi connectivity index (χ4v) is 13.6. The van der Waals surface area contributed by atoms with Gasteiger partial charge in [-0.3, -0.25) is 0 Å². The number of hydrogen-bond donors (Lipinski definition) is 2. The number of esters is 4. The van der Waals surface area contributed by atoms with Crippen LogP contribution in [0.4, 0.5) is 0 Å². The molecule has 0 spiro atoms. The zero-order chi connectivity index (χ0) is 69.3. The average molecular weight is 1310 g/mol. The van der Waals surface area contributed by atoms with Gasteiger partial charge in [0.05, 0.1) is 33.4 Å². The minimum absolute atomic E-state index is 0.0920. The van der Waals surface area contributed by atoms with E-state index in [9.17, 15) is 19.8 Å². The Kier molecular flexibility index (Phi) is 18.5. The van der Waals surface area contributed by atoms with E-state index >= 15 is 19.2 Å². The molecule has 0 aromatic heterocycles. The Morgan fingerprint density at radius 2 is 0.535 bits per heavy atom. The van der Waals surface area contributed by atoms with Gasteiger partial charge < -0.3 is 19.7 Å². The van der Waals surface area contributed by atoms with Crippen LogP contribution in [-0.4, -0.2) is 46.0 Å². The Labute approximate surface area is 582 Å². The van der Waals surface area contributed by atoms with Gasteiger partial charge in [-0.25, -0.2) is 28.8 Å². The van der Waals surface area contributed by atoms with Gasteiger partial charge in [-0.15, -0.1) is 0 Å². The van der Waals surface area contributed by atoms with Crippen molar-refractivity contribution in [3.05, 3.63) is 378 Å². The van der Waals surface area contributed by atoms with Crippen LogP contribution in [0, 0.1) is 0 Å². The number of ether oxygens (including phenoxy) is 2. The molecular formula is C91H60O10. The van der Waals surface area contributed by atoms with Crippen LogP contribution in [0.25, 0.3) is 117 Å². The molecule has 0 aliphatic heterocycles. The van der Waals surface area contributed by atoms with E-state index in [0.29, 0.717) is 83.5 Å². The lowest BCUT2D eigenvalue weighted by atomic mass is 9.82. The minimum atomic E-state index is -1.50. The molecule has 484 valence electrons. The van der Waals surface area contributed by atoms with Gasteiger partial charge in [0.1, 0.15) is 0 Å². The number of carboxylic acids is 2. The predicted octanol–water partition coefficient (Wildman–Crippen LogP) is 21.5. The molecule has 101 heavy (non-hydrogen) atoms. The summed E-state index contributed by atoms with van der Waals surface area (Å²) in [4.78, 5) is 90.6. The van der Waals surface area contributed by atoms with Crippen LogP contribution < -0.4 is 0 Å². The zero-order valence-electron chi connectivity index (χ0n) is 54.2. The summed E-state index contributed by atoms with van der Waals surface area (Å²) < 4.78 is 12.0. The standard InChI is InChI=1S/C78H50O10.C13H10/c79-73(80)70-61(46-58(49-28-10-1-11-29-49)64(52-34-16-4-17-35-52)67(70)55-40-22-7-23-41-55)75(83)87-77(85)63-48-60(51-32-14-3-15-33-51)66(54-38-20-6-21-39-54)69(57-44-26-9-27-45-57)72(63)78(86)88-76(84)62-47-59(50-30-12-2-13-31-50)65(53-36-18-5-19-37-53)68(71(62)74(81)82)56-42-24-8-25-43-56;1-4-10-6-2-8-12-9-3-7-11(5-1)13(10)12/h1-48H,(H,79,80)(H,81,82);1-8H,9H2. The highest BCUT2D eigenvalue weighted by molar-refractivity contribution is 6.21. The maximum Gasteiger partial charge on any atom is 0.347 e. The number of carbonyl (C=O) groups is 6. The molecule has 0 bridgehead atoms. The van der Waals surface area contributed by atoms with Crippen molar-refractivity contribution in [1.82, 2.24) is 0 Å². The molecule has 14 aromatic rings. The first kappa shape index (κ1) is 64.6. The van der Waals surface area contributed by atoms with Crippen LogP contribution in [0.5, 0.6) is 0 Å². The van der Waals surface area contributed by atoms with Gasteiger partial charge in [0, 0.05) is 16.7 Å². The van der Waals surface area contributed by atoms with Gasteiger partial charge in [0.15, 0.2) is 0 Å². The normalized spacial score (nSPS) is 11.2. The van der Waals surface area contributed by atoms with Gasteiger partial charge in [0.2, 0.25) is 0 Å². The first-order valence-electron chi connectivity index (χ1n) is 32.8. The quantitative estimate of drug-likeness (QED) is 0.0746. The first-order valence-corrected chi connectivity index (χ1v) is 32.8. The van der Waals surface area contributed by atoms with E-state index in [2.05, 4.69) is 48.6 Å².